The van der Waals surface area contributed by atoms with Crippen LogP contribution in [0.5, 0.6) is 0 Å². The normalized spacial score (nSPS) is 8.89. The first-order valence-corrected chi connectivity index (χ1v) is 2.77. The van der Waals surface area contributed by atoms with Crippen molar-refractivity contribution in [1.82, 2.24) is 0 Å². The first kappa shape index (κ1) is 11.2. The molecule has 0 aliphatic heterocycles. The van der Waals surface area contributed by atoms with Crippen molar-refractivity contribution in [2.75, 3.05) is 0 Å². The van der Waals surface area contributed by atoms with Crippen LogP contribution in [0.1, 0.15) is 20.8 Å². The zero-order chi connectivity index (χ0) is 7.91. The first-order chi connectivity index (χ1) is 3.91. The lowest BCUT2D eigenvalue weighted by atomic mass is 10.1. The molecule has 0 bridgehead atoms. The van der Waals surface area contributed by atoms with Gasteiger partial charge in [0.1, 0.15) is 6.29 Å². The van der Waals surface area contributed by atoms with E-state index in [2.05, 4.69) is 6.58 Å². The van der Waals surface area contributed by atoms with Crippen LogP contribution in [0.2, 0.25) is 0 Å². The van der Waals surface area contributed by atoms with Crippen molar-refractivity contribution < 1.29 is 4.79 Å². The minimum Gasteiger partial charge on any atom is -0.326 e. The third-order valence-corrected chi connectivity index (χ3v) is 0.0962. The van der Waals surface area contributed by atoms with Crippen LogP contribution < -0.4 is 5.73 Å². The highest BCUT2D eigenvalue weighted by Crippen LogP contribution is 1.88. The molecule has 0 aliphatic carbocycles. The number of carbonyl (C=O) groups excluding carboxylic acids is 1. The molecule has 0 aromatic carbocycles. The second-order valence-electron chi connectivity index (χ2n) is 2.74. The standard InChI is InChI=1S/C4H11N.C3H4O/c1-4(2,3)5;1-2-3-4/h5H2,1-3H3;2-3H,1H2. The zero-order valence-corrected chi connectivity index (χ0v) is 6.35. The third kappa shape index (κ3) is 1550. The van der Waals surface area contributed by atoms with Crippen LogP contribution in [-0.2, 0) is 4.79 Å². The van der Waals surface area contributed by atoms with E-state index < -0.39 is 0 Å². The zero-order valence-electron chi connectivity index (χ0n) is 6.35. The van der Waals surface area contributed by atoms with Gasteiger partial charge in [-0.25, -0.2) is 0 Å². The summed E-state index contributed by atoms with van der Waals surface area (Å²) in [5, 5.41) is 0. The van der Waals surface area contributed by atoms with E-state index in [1.807, 2.05) is 20.8 Å². The van der Waals surface area contributed by atoms with Gasteiger partial charge in [0.05, 0.1) is 0 Å². The maximum absolute atomic E-state index is 9.06. The summed E-state index contributed by atoms with van der Waals surface area (Å²) >= 11 is 0. The van der Waals surface area contributed by atoms with Crippen molar-refractivity contribution in [1.29, 1.82) is 0 Å². The molecule has 9 heavy (non-hydrogen) atoms. The molecule has 0 atom stereocenters. The van der Waals surface area contributed by atoms with Gasteiger partial charge in [-0.2, -0.15) is 0 Å². The molecular formula is C7H15NO. The van der Waals surface area contributed by atoms with E-state index in [-0.39, 0.29) is 5.54 Å². The van der Waals surface area contributed by atoms with Crippen LogP contribution in [-0.4, -0.2) is 11.8 Å². The van der Waals surface area contributed by atoms with Gasteiger partial charge in [-0.1, -0.05) is 6.58 Å². The van der Waals surface area contributed by atoms with Crippen LogP contribution in [0.15, 0.2) is 12.7 Å². The van der Waals surface area contributed by atoms with Crippen LogP contribution in [0, 0.1) is 0 Å². The van der Waals surface area contributed by atoms with Crippen molar-refractivity contribution >= 4 is 6.29 Å². The van der Waals surface area contributed by atoms with Crippen LogP contribution in [0.25, 0.3) is 0 Å². The minimum atomic E-state index is 0. The van der Waals surface area contributed by atoms with Crippen LogP contribution >= 0.6 is 0 Å². The molecule has 0 spiro atoms. The van der Waals surface area contributed by atoms with Gasteiger partial charge in [0.2, 0.25) is 0 Å². The molecule has 0 amide bonds. The number of rotatable bonds is 1. The Labute approximate surface area is 56.7 Å². The highest BCUT2D eigenvalue weighted by molar-refractivity contribution is 5.63. The van der Waals surface area contributed by atoms with Crippen LogP contribution in [0.3, 0.4) is 0 Å². The van der Waals surface area contributed by atoms with Crippen molar-refractivity contribution in [3.05, 3.63) is 12.7 Å². The number of aldehydes is 1. The predicted octanol–water partition coefficient (Wildman–Crippen LogP) is 1.11. The van der Waals surface area contributed by atoms with Gasteiger partial charge in [0.25, 0.3) is 0 Å². The predicted molar refractivity (Wildman–Crippen MR) is 40.2 cm³/mol. The van der Waals surface area contributed by atoms with E-state index in [9.17, 15) is 0 Å². The monoisotopic (exact) mass is 129 g/mol. The Morgan fingerprint density at radius 3 is 1.56 bits per heavy atom. The summed E-state index contributed by atoms with van der Waals surface area (Å²) in [6.45, 7) is 9.01. The van der Waals surface area contributed by atoms with Crippen molar-refractivity contribution in [3.8, 4) is 0 Å². The quantitative estimate of drug-likeness (QED) is 0.426. The van der Waals surface area contributed by atoms with Crippen molar-refractivity contribution in [3.63, 3.8) is 0 Å². The summed E-state index contributed by atoms with van der Waals surface area (Å²) in [4.78, 5) is 9.06. The smallest absolute Gasteiger partial charge is 0.142 e. The fraction of sp³-hybridized carbons (Fsp3) is 0.571. The Morgan fingerprint density at radius 2 is 1.56 bits per heavy atom. The molecule has 0 saturated heterocycles. The fourth-order valence-electron chi connectivity index (χ4n) is 0. The van der Waals surface area contributed by atoms with E-state index >= 15 is 0 Å². The Balaban J connectivity index is 0. The molecule has 2 nitrogen and oxygen atoms in total. The molecule has 0 heterocycles. The summed E-state index contributed by atoms with van der Waals surface area (Å²) in [5.74, 6) is 0. The van der Waals surface area contributed by atoms with Gasteiger partial charge in [0, 0.05) is 5.54 Å². The van der Waals surface area contributed by atoms with Gasteiger partial charge in [-0.05, 0) is 26.8 Å². The van der Waals surface area contributed by atoms with Gasteiger partial charge < -0.3 is 5.73 Å². The maximum atomic E-state index is 9.06. The lowest BCUT2D eigenvalue weighted by Gasteiger charge is -2.06. The molecule has 0 radical (unpaired) electrons. The third-order valence-electron chi connectivity index (χ3n) is 0.0962. The molecule has 0 aromatic rings. The number of allylic oxidation sites excluding steroid dienone is 1. The average Bonchev–Trinajstić information content (AvgIpc) is 1.61. The molecule has 0 fully saturated rings. The summed E-state index contributed by atoms with van der Waals surface area (Å²) in [5.41, 5.74) is 5.35. The molecule has 0 aliphatic rings. The second-order valence-corrected chi connectivity index (χ2v) is 2.74. The molecular weight excluding hydrogens is 114 g/mol. The van der Waals surface area contributed by atoms with E-state index in [1.165, 1.54) is 6.08 Å². The van der Waals surface area contributed by atoms with Gasteiger partial charge in [-0.3, -0.25) is 4.79 Å². The minimum absolute atomic E-state index is 0. The van der Waals surface area contributed by atoms with Crippen molar-refractivity contribution in [2.45, 2.75) is 26.3 Å². The summed E-state index contributed by atoms with van der Waals surface area (Å²) in [6, 6.07) is 0. The second kappa shape index (κ2) is 5.51. The largest absolute Gasteiger partial charge is 0.326 e. The molecule has 0 saturated carbocycles. The van der Waals surface area contributed by atoms with Gasteiger partial charge in [-0.15, -0.1) is 0 Å². The highest BCUT2D eigenvalue weighted by Gasteiger charge is 1.95. The maximum Gasteiger partial charge on any atom is 0.142 e. The topological polar surface area (TPSA) is 43.1 Å². The van der Waals surface area contributed by atoms with E-state index in [0.717, 1.165) is 0 Å². The average molecular weight is 129 g/mol. The Bertz CT molecular complexity index is 69.4. The first-order valence-electron chi connectivity index (χ1n) is 2.77. The van der Waals surface area contributed by atoms with E-state index in [4.69, 9.17) is 10.5 Å². The number of hydrogen-bond acceptors (Lipinski definition) is 2. The number of hydrogen-bond donors (Lipinski definition) is 1. The Morgan fingerprint density at radius 1 is 1.44 bits per heavy atom. The summed E-state index contributed by atoms with van der Waals surface area (Å²) in [7, 11) is 0. The molecule has 54 valence electrons. The van der Waals surface area contributed by atoms with E-state index in [1.54, 1.807) is 0 Å². The molecule has 0 rings (SSSR count). The highest BCUT2D eigenvalue weighted by atomic mass is 16.1. The SMILES string of the molecule is C=CC=O.CC(C)(C)N. The molecule has 0 aromatic heterocycles. The molecule has 2 N–H and O–H groups in total. The lowest BCUT2D eigenvalue weighted by molar-refractivity contribution is -0.104. The van der Waals surface area contributed by atoms with Gasteiger partial charge in [0.15, 0.2) is 0 Å². The Kier molecular flexibility index (Phi) is 6.85. The van der Waals surface area contributed by atoms with Crippen LogP contribution in [0.4, 0.5) is 0 Å². The fourth-order valence-corrected chi connectivity index (χ4v) is 0. The number of nitrogens with two attached hydrogens (primary N) is 1. The molecule has 0 unspecified atom stereocenters. The summed E-state index contributed by atoms with van der Waals surface area (Å²) < 4.78 is 0. The van der Waals surface area contributed by atoms with Crippen molar-refractivity contribution in [2.24, 2.45) is 5.73 Å². The van der Waals surface area contributed by atoms with Gasteiger partial charge >= 0.3 is 0 Å². The number of carbonyl (C=O) groups is 1. The van der Waals surface area contributed by atoms with E-state index in [0.29, 0.717) is 6.29 Å². The lowest BCUT2D eigenvalue weighted by Crippen LogP contribution is -2.26. The molecule has 2 heteroatoms. The Hall–Kier alpha value is -0.630. The summed E-state index contributed by atoms with van der Waals surface area (Å²) in [6.07, 6.45) is 1.83.